The average Bonchev–Trinajstić information content (AvgIpc) is 3.08. The van der Waals surface area contributed by atoms with Gasteiger partial charge in [-0.3, -0.25) is 9.88 Å². The zero-order valence-electron chi connectivity index (χ0n) is 16.9. The smallest absolute Gasteiger partial charge is 0.325 e. The molecule has 0 aliphatic carbocycles. The molecule has 9 heteroatoms. The van der Waals surface area contributed by atoms with Gasteiger partial charge in [0.05, 0.1) is 24.1 Å². The first kappa shape index (κ1) is 20.9. The highest BCUT2D eigenvalue weighted by atomic mass is 16.5. The van der Waals surface area contributed by atoms with Crippen LogP contribution in [0.25, 0.3) is 11.2 Å². The van der Waals surface area contributed by atoms with Crippen molar-refractivity contribution in [1.29, 1.82) is 0 Å². The van der Waals surface area contributed by atoms with E-state index in [9.17, 15) is 4.79 Å². The second-order valence-electron chi connectivity index (χ2n) is 7.62. The molecule has 156 valence electrons. The Morgan fingerprint density at radius 1 is 1.21 bits per heavy atom. The van der Waals surface area contributed by atoms with Crippen LogP contribution < -0.4 is 16.7 Å². The minimum absolute atomic E-state index is 0.00739. The Hall–Kier alpha value is -1.81. The minimum Gasteiger partial charge on any atom is -0.375 e. The third kappa shape index (κ3) is 5.60. The predicted octanol–water partition coefficient (Wildman–Crippen LogP) is 0.733. The number of nitrogens with two attached hydrogens (primary N) is 1. The van der Waals surface area contributed by atoms with Crippen molar-refractivity contribution in [2.45, 2.75) is 64.3 Å². The fourth-order valence-corrected chi connectivity index (χ4v) is 3.85. The summed E-state index contributed by atoms with van der Waals surface area (Å²) in [6.07, 6.45) is 6.11. The summed E-state index contributed by atoms with van der Waals surface area (Å²) in [4.78, 5) is 28.0. The summed E-state index contributed by atoms with van der Waals surface area (Å²) in [6.45, 7) is 8.21. The molecule has 3 atom stereocenters. The summed E-state index contributed by atoms with van der Waals surface area (Å²) in [5.41, 5.74) is 8.17. The Kier molecular flexibility index (Phi) is 7.55. The Labute approximate surface area is 165 Å². The van der Waals surface area contributed by atoms with Gasteiger partial charge in [0.2, 0.25) is 0 Å². The lowest BCUT2D eigenvalue weighted by atomic mass is 10.0. The van der Waals surface area contributed by atoms with E-state index in [1.807, 2.05) is 0 Å². The molecule has 2 aromatic rings. The standard InChI is InChI=1S/C19H33N7O2/c1-3-4-13(2)28-14(5-6-16(20)26-9-7-21-8-10-26)11-15-17-18(23-12-22-15)25-19(27)24-17/h12-14,16,21H,3-11,20H2,1-2H3,(H2,22,23,24,25,27)/t13-,14?,16?/m0/s1. The molecule has 0 aromatic carbocycles. The molecular formula is C19H33N7O2. The zero-order valence-corrected chi connectivity index (χ0v) is 16.9. The van der Waals surface area contributed by atoms with Crippen LogP contribution in [0.5, 0.6) is 0 Å². The zero-order chi connectivity index (χ0) is 19.9. The van der Waals surface area contributed by atoms with Crippen LogP contribution >= 0.6 is 0 Å². The normalized spacial score (nSPS) is 19.0. The van der Waals surface area contributed by atoms with E-state index in [4.69, 9.17) is 10.5 Å². The fourth-order valence-electron chi connectivity index (χ4n) is 3.85. The van der Waals surface area contributed by atoms with E-state index in [-0.39, 0.29) is 24.1 Å². The molecule has 1 fully saturated rings. The van der Waals surface area contributed by atoms with Crippen molar-refractivity contribution in [2.75, 3.05) is 26.2 Å². The molecule has 1 saturated heterocycles. The number of nitrogens with one attached hydrogen (secondary N) is 3. The second-order valence-corrected chi connectivity index (χ2v) is 7.62. The third-order valence-electron chi connectivity index (χ3n) is 5.34. The lowest BCUT2D eigenvalue weighted by molar-refractivity contribution is -0.0153. The lowest BCUT2D eigenvalue weighted by Gasteiger charge is -2.33. The highest BCUT2D eigenvalue weighted by Crippen LogP contribution is 2.18. The number of ether oxygens (including phenoxy) is 1. The van der Waals surface area contributed by atoms with Gasteiger partial charge in [-0.05, 0) is 26.2 Å². The van der Waals surface area contributed by atoms with Crippen LogP contribution in [0.1, 0.15) is 45.2 Å². The van der Waals surface area contributed by atoms with E-state index in [1.54, 1.807) is 0 Å². The molecule has 2 aromatic heterocycles. The summed E-state index contributed by atoms with van der Waals surface area (Å²) in [5.74, 6) is 0. The molecule has 5 N–H and O–H groups in total. The number of rotatable bonds is 10. The van der Waals surface area contributed by atoms with Gasteiger partial charge >= 0.3 is 5.69 Å². The number of H-pyrrole nitrogens is 2. The van der Waals surface area contributed by atoms with Crippen LogP contribution in [0.2, 0.25) is 0 Å². The van der Waals surface area contributed by atoms with Gasteiger partial charge in [-0.25, -0.2) is 14.8 Å². The highest BCUT2D eigenvalue weighted by molar-refractivity contribution is 5.72. The van der Waals surface area contributed by atoms with Crippen LogP contribution in [0, 0.1) is 0 Å². The van der Waals surface area contributed by atoms with Gasteiger partial charge < -0.3 is 20.8 Å². The van der Waals surface area contributed by atoms with Gasteiger partial charge in [0.25, 0.3) is 0 Å². The number of imidazole rings is 1. The second kappa shape index (κ2) is 10.1. The van der Waals surface area contributed by atoms with E-state index < -0.39 is 0 Å². The number of piperazine rings is 1. The molecule has 2 unspecified atom stereocenters. The van der Waals surface area contributed by atoms with Gasteiger partial charge in [-0.15, -0.1) is 0 Å². The molecule has 1 aliphatic rings. The molecule has 0 spiro atoms. The topological polar surface area (TPSA) is 125 Å². The maximum Gasteiger partial charge on any atom is 0.325 e. The van der Waals surface area contributed by atoms with Gasteiger partial charge in [-0.2, -0.15) is 0 Å². The van der Waals surface area contributed by atoms with Crippen LogP contribution in [0.4, 0.5) is 0 Å². The summed E-state index contributed by atoms with van der Waals surface area (Å²) in [7, 11) is 0. The van der Waals surface area contributed by atoms with Crippen molar-refractivity contribution >= 4 is 11.2 Å². The fraction of sp³-hybridized carbons (Fsp3) is 0.737. The molecule has 0 saturated carbocycles. The maximum absolute atomic E-state index is 11.6. The predicted molar refractivity (Wildman–Crippen MR) is 109 cm³/mol. The van der Waals surface area contributed by atoms with Crippen LogP contribution in [0.15, 0.2) is 11.1 Å². The number of fused-ring (bicyclic) bond motifs is 1. The maximum atomic E-state index is 11.6. The Bertz CT molecular complexity index is 784. The number of aromatic nitrogens is 4. The summed E-state index contributed by atoms with van der Waals surface area (Å²) in [5, 5.41) is 3.36. The molecule has 9 nitrogen and oxygen atoms in total. The van der Waals surface area contributed by atoms with Crippen molar-refractivity contribution in [2.24, 2.45) is 5.73 Å². The van der Waals surface area contributed by atoms with Crippen LogP contribution in [-0.2, 0) is 11.2 Å². The molecular weight excluding hydrogens is 358 g/mol. The van der Waals surface area contributed by atoms with Crippen molar-refractivity contribution < 1.29 is 4.74 Å². The third-order valence-corrected chi connectivity index (χ3v) is 5.34. The summed E-state index contributed by atoms with van der Waals surface area (Å²) < 4.78 is 6.34. The molecule has 3 heterocycles. The van der Waals surface area contributed by atoms with Crippen LogP contribution in [-0.4, -0.2) is 69.4 Å². The van der Waals surface area contributed by atoms with Crippen LogP contribution in [0.3, 0.4) is 0 Å². The number of hydrogen-bond donors (Lipinski definition) is 4. The van der Waals surface area contributed by atoms with E-state index >= 15 is 0 Å². The molecule has 28 heavy (non-hydrogen) atoms. The quantitative estimate of drug-likeness (QED) is 0.470. The number of nitrogens with zero attached hydrogens (tertiary/aromatic N) is 3. The number of hydrogen-bond acceptors (Lipinski definition) is 7. The van der Waals surface area contributed by atoms with E-state index in [1.165, 1.54) is 6.33 Å². The summed E-state index contributed by atoms with van der Waals surface area (Å²) >= 11 is 0. The van der Waals surface area contributed by atoms with Crippen molar-refractivity contribution in [3.8, 4) is 0 Å². The van der Waals surface area contributed by atoms with E-state index in [0.29, 0.717) is 17.6 Å². The summed E-state index contributed by atoms with van der Waals surface area (Å²) in [6, 6.07) is 0. The first-order valence-corrected chi connectivity index (χ1v) is 10.3. The first-order chi connectivity index (χ1) is 13.6. The van der Waals surface area contributed by atoms with Crippen molar-refractivity contribution in [1.82, 2.24) is 30.2 Å². The molecule has 0 bridgehead atoms. The minimum atomic E-state index is -0.269. The molecule has 1 aliphatic heterocycles. The Morgan fingerprint density at radius 3 is 2.75 bits per heavy atom. The van der Waals surface area contributed by atoms with Gasteiger partial charge in [0.15, 0.2) is 5.65 Å². The van der Waals surface area contributed by atoms with Gasteiger partial charge in [-0.1, -0.05) is 13.3 Å². The Morgan fingerprint density at radius 2 is 2.00 bits per heavy atom. The molecule has 0 radical (unpaired) electrons. The van der Waals surface area contributed by atoms with Gasteiger partial charge in [0, 0.05) is 32.6 Å². The van der Waals surface area contributed by atoms with Gasteiger partial charge in [0.1, 0.15) is 11.8 Å². The SMILES string of the molecule is CCC[C@H](C)OC(CCC(N)N1CCNCC1)Cc1ncnc2[nH]c(=O)[nH]c12. The molecule has 3 rings (SSSR count). The van der Waals surface area contributed by atoms with E-state index in [0.717, 1.165) is 57.6 Å². The first-order valence-electron chi connectivity index (χ1n) is 10.3. The highest BCUT2D eigenvalue weighted by Gasteiger charge is 2.22. The Balaban J connectivity index is 1.67. The van der Waals surface area contributed by atoms with Crippen molar-refractivity contribution in [3.63, 3.8) is 0 Å². The molecule has 0 amide bonds. The number of aromatic amines is 2. The van der Waals surface area contributed by atoms with Crippen molar-refractivity contribution in [3.05, 3.63) is 22.5 Å². The lowest BCUT2D eigenvalue weighted by Crippen LogP contribution is -2.52. The average molecular weight is 392 g/mol. The monoisotopic (exact) mass is 391 g/mol. The largest absolute Gasteiger partial charge is 0.375 e. The van der Waals surface area contributed by atoms with E-state index in [2.05, 4.69) is 44.0 Å².